The number of nitrogens with zero attached hydrogens (tertiary/aromatic N) is 1. The van der Waals surface area contributed by atoms with Crippen molar-refractivity contribution in [3.05, 3.63) is 28.8 Å². The molecule has 0 bridgehead atoms. The summed E-state index contributed by atoms with van der Waals surface area (Å²) in [5.41, 5.74) is 5.47. The fraction of sp³-hybridized carbons (Fsp3) is 0.462. The number of hydrogen-bond acceptors (Lipinski definition) is 1. The Morgan fingerprint density at radius 2 is 1.93 bits per heavy atom. The molecule has 1 heterocycles. The van der Waals surface area contributed by atoms with Gasteiger partial charge in [0.05, 0.1) is 4.99 Å². The minimum Gasteiger partial charge on any atom is -0.333 e. The zero-order valence-corrected chi connectivity index (χ0v) is 10.6. The Hall–Kier alpha value is -0.890. The molecular weight excluding hydrogens is 202 g/mol. The molecule has 0 aromatic heterocycles. The molecule has 0 aliphatic carbocycles. The Bertz CT molecular complexity index is 421. The van der Waals surface area contributed by atoms with E-state index in [2.05, 4.69) is 44.7 Å². The molecule has 0 N–H and O–H groups in total. The van der Waals surface area contributed by atoms with Crippen LogP contribution in [0.3, 0.4) is 0 Å². The third-order valence-corrected chi connectivity index (χ3v) is 3.49. The van der Waals surface area contributed by atoms with Gasteiger partial charge < -0.3 is 4.90 Å². The number of hydrogen-bond donors (Lipinski definition) is 0. The van der Waals surface area contributed by atoms with Crippen LogP contribution >= 0.6 is 12.2 Å². The van der Waals surface area contributed by atoms with Gasteiger partial charge in [0.15, 0.2) is 0 Å². The monoisotopic (exact) mass is 219 g/mol. The Morgan fingerprint density at radius 3 is 2.53 bits per heavy atom. The molecule has 0 radical (unpaired) electrons. The van der Waals surface area contributed by atoms with Crippen LogP contribution in [0.1, 0.15) is 30.5 Å². The van der Waals surface area contributed by atoms with Crippen molar-refractivity contribution in [3.63, 3.8) is 0 Å². The smallest absolute Gasteiger partial charge is 0.0871 e. The predicted octanol–water partition coefficient (Wildman–Crippen LogP) is 3.40. The first kappa shape index (κ1) is 10.6. The van der Waals surface area contributed by atoms with E-state index in [0.717, 1.165) is 11.4 Å². The molecular formula is C13H17NS. The lowest BCUT2D eigenvalue weighted by atomic mass is 10.0. The average molecular weight is 219 g/mol. The number of anilines is 1. The van der Waals surface area contributed by atoms with Gasteiger partial charge in [0, 0.05) is 18.2 Å². The van der Waals surface area contributed by atoms with E-state index in [1.807, 2.05) is 0 Å². The van der Waals surface area contributed by atoms with Crippen LogP contribution in [-0.4, -0.2) is 11.0 Å². The maximum absolute atomic E-state index is 5.45. The summed E-state index contributed by atoms with van der Waals surface area (Å²) in [7, 11) is 0. The summed E-state index contributed by atoms with van der Waals surface area (Å²) in [6, 6.07) is 4.87. The maximum Gasteiger partial charge on any atom is 0.0871 e. The zero-order valence-electron chi connectivity index (χ0n) is 9.79. The summed E-state index contributed by atoms with van der Waals surface area (Å²) in [4.78, 5) is 3.36. The Labute approximate surface area is 97.1 Å². The molecule has 1 nitrogen and oxygen atoms in total. The van der Waals surface area contributed by atoms with Gasteiger partial charge in [-0.15, -0.1) is 0 Å². The molecule has 0 spiro atoms. The van der Waals surface area contributed by atoms with Crippen LogP contribution in [0, 0.1) is 13.8 Å². The Morgan fingerprint density at radius 1 is 1.27 bits per heavy atom. The van der Waals surface area contributed by atoms with Crippen LogP contribution in [0.5, 0.6) is 0 Å². The van der Waals surface area contributed by atoms with Gasteiger partial charge in [-0.1, -0.05) is 24.4 Å². The number of thiocarbonyl (C=S) groups is 1. The van der Waals surface area contributed by atoms with Crippen molar-refractivity contribution < 1.29 is 0 Å². The SMILES string of the molecule is Cc1ccc2c(c1C)N(C(C)C)C(=S)C2. The molecule has 1 aromatic carbocycles. The van der Waals surface area contributed by atoms with Crippen LogP contribution < -0.4 is 4.90 Å². The lowest BCUT2D eigenvalue weighted by molar-refractivity contribution is 0.815. The van der Waals surface area contributed by atoms with Gasteiger partial charge >= 0.3 is 0 Å². The van der Waals surface area contributed by atoms with E-state index in [1.54, 1.807) is 0 Å². The third kappa shape index (κ3) is 1.57. The fourth-order valence-corrected chi connectivity index (χ4v) is 2.71. The van der Waals surface area contributed by atoms with E-state index in [0.29, 0.717) is 6.04 Å². The van der Waals surface area contributed by atoms with Gasteiger partial charge in [0.2, 0.25) is 0 Å². The van der Waals surface area contributed by atoms with Crippen molar-refractivity contribution in [2.24, 2.45) is 0 Å². The average Bonchev–Trinajstić information content (AvgIpc) is 2.49. The largest absolute Gasteiger partial charge is 0.333 e. The van der Waals surface area contributed by atoms with Gasteiger partial charge in [-0.3, -0.25) is 0 Å². The lowest BCUT2D eigenvalue weighted by Crippen LogP contribution is -2.32. The summed E-state index contributed by atoms with van der Waals surface area (Å²) >= 11 is 5.45. The standard InChI is InChI=1S/C13H17NS/c1-8(2)14-12(15)7-11-6-5-9(3)10(4)13(11)14/h5-6,8H,7H2,1-4H3. The maximum atomic E-state index is 5.45. The van der Waals surface area contributed by atoms with Crippen LogP contribution in [-0.2, 0) is 6.42 Å². The quantitative estimate of drug-likeness (QED) is 0.666. The Kier molecular flexibility index (Phi) is 2.55. The van der Waals surface area contributed by atoms with Gasteiger partial charge in [0.25, 0.3) is 0 Å². The molecule has 0 unspecified atom stereocenters. The molecule has 0 amide bonds. The van der Waals surface area contributed by atoms with Crippen LogP contribution in [0.25, 0.3) is 0 Å². The molecule has 0 saturated heterocycles. The van der Waals surface area contributed by atoms with Crippen molar-refractivity contribution in [1.29, 1.82) is 0 Å². The van der Waals surface area contributed by atoms with Gasteiger partial charge in [-0.25, -0.2) is 0 Å². The van der Waals surface area contributed by atoms with E-state index in [1.165, 1.54) is 22.4 Å². The first-order valence-corrected chi connectivity index (χ1v) is 5.84. The van der Waals surface area contributed by atoms with Crippen molar-refractivity contribution >= 4 is 22.9 Å². The third-order valence-electron chi connectivity index (χ3n) is 3.15. The summed E-state index contributed by atoms with van der Waals surface area (Å²) in [6.07, 6.45) is 0.934. The topological polar surface area (TPSA) is 3.24 Å². The van der Waals surface area contributed by atoms with Crippen molar-refractivity contribution in [3.8, 4) is 0 Å². The summed E-state index contributed by atoms with van der Waals surface area (Å²) < 4.78 is 0. The van der Waals surface area contributed by atoms with Gasteiger partial charge in [-0.2, -0.15) is 0 Å². The summed E-state index contributed by atoms with van der Waals surface area (Å²) in [6.45, 7) is 8.75. The number of benzene rings is 1. The second-order valence-corrected chi connectivity index (χ2v) is 5.02. The number of fused-ring (bicyclic) bond motifs is 1. The number of aryl methyl sites for hydroxylation is 1. The highest BCUT2D eigenvalue weighted by atomic mass is 32.1. The first-order chi connectivity index (χ1) is 7.02. The second kappa shape index (κ2) is 3.60. The lowest BCUT2D eigenvalue weighted by Gasteiger charge is -2.26. The molecule has 2 rings (SSSR count). The highest BCUT2D eigenvalue weighted by molar-refractivity contribution is 7.80. The molecule has 0 saturated carbocycles. The van der Waals surface area contributed by atoms with Crippen LogP contribution in [0.4, 0.5) is 5.69 Å². The van der Waals surface area contributed by atoms with Crippen molar-refractivity contribution in [2.45, 2.75) is 40.2 Å². The van der Waals surface area contributed by atoms with E-state index in [4.69, 9.17) is 12.2 Å². The zero-order chi connectivity index (χ0) is 11.2. The minimum atomic E-state index is 0.458. The molecule has 2 heteroatoms. The normalized spacial score (nSPS) is 15.0. The molecule has 1 aliphatic rings. The van der Waals surface area contributed by atoms with E-state index in [-0.39, 0.29) is 0 Å². The molecule has 0 fully saturated rings. The molecule has 15 heavy (non-hydrogen) atoms. The Balaban J connectivity index is 2.60. The minimum absolute atomic E-state index is 0.458. The second-order valence-electron chi connectivity index (χ2n) is 4.55. The molecule has 80 valence electrons. The highest BCUT2D eigenvalue weighted by Crippen LogP contribution is 2.35. The van der Waals surface area contributed by atoms with Crippen LogP contribution in [0.2, 0.25) is 0 Å². The van der Waals surface area contributed by atoms with E-state index >= 15 is 0 Å². The van der Waals surface area contributed by atoms with E-state index in [9.17, 15) is 0 Å². The van der Waals surface area contributed by atoms with E-state index < -0.39 is 0 Å². The summed E-state index contributed by atoms with van der Waals surface area (Å²) in [5, 5.41) is 0. The molecule has 0 atom stereocenters. The predicted molar refractivity (Wildman–Crippen MR) is 69.8 cm³/mol. The van der Waals surface area contributed by atoms with Crippen LogP contribution in [0.15, 0.2) is 12.1 Å². The van der Waals surface area contributed by atoms with Crippen molar-refractivity contribution in [2.75, 3.05) is 4.90 Å². The summed E-state index contributed by atoms with van der Waals surface area (Å²) in [5.74, 6) is 0. The first-order valence-electron chi connectivity index (χ1n) is 5.43. The molecule has 1 aliphatic heterocycles. The van der Waals surface area contributed by atoms with Gasteiger partial charge in [0.1, 0.15) is 0 Å². The van der Waals surface area contributed by atoms with Gasteiger partial charge in [-0.05, 0) is 44.4 Å². The fourth-order valence-electron chi connectivity index (χ4n) is 2.25. The van der Waals surface area contributed by atoms with Crippen molar-refractivity contribution in [1.82, 2.24) is 0 Å². The molecule has 1 aromatic rings. The number of rotatable bonds is 1. The highest BCUT2D eigenvalue weighted by Gasteiger charge is 2.27.